The van der Waals surface area contributed by atoms with Crippen molar-refractivity contribution in [2.24, 2.45) is 0 Å². The molecule has 0 aromatic carbocycles. The minimum atomic E-state index is -0.666. The minimum Gasteiger partial charge on any atom is -0.463 e. The molecule has 0 aliphatic carbocycles. The van der Waals surface area contributed by atoms with Crippen molar-refractivity contribution in [1.29, 1.82) is 0 Å². The first-order valence-electron chi connectivity index (χ1n) is 5.04. The summed E-state index contributed by atoms with van der Waals surface area (Å²) in [6.45, 7) is 5.22. The number of esters is 1. The van der Waals surface area contributed by atoms with Gasteiger partial charge in [0, 0.05) is 13.1 Å². The number of ether oxygens (including phenoxy) is 1. The first kappa shape index (κ1) is 15.4. The molecule has 92 valence electrons. The fraction of sp³-hybridized carbons (Fsp3) is 0.727. The van der Waals surface area contributed by atoms with Crippen molar-refractivity contribution >= 4 is 21.9 Å². The van der Waals surface area contributed by atoms with Gasteiger partial charge in [-0.2, -0.15) is 0 Å². The molecule has 5 heteroatoms. The molecule has 0 bridgehead atoms. The van der Waals surface area contributed by atoms with Crippen LogP contribution in [0.25, 0.3) is 0 Å². The number of alkyl halides is 1. The zero-order valence-corrected chi connectivity index (χ0v) is 11.3. The highest BCUT2D eigenvalue weighted by Gasteiger charge is 2.25. The largest absolute Gasteiger partial charge is 0.463 e. The fourth-order valence-electron chi connectivity index (χ4n) is 0.979. The molecule has 0 fully saturated rings. The SMILES string of the molecule is C#CCN(CCO)CCOC(=O)C(C)(C)Br. The van der Waals surface area contributed by atoms with E-state index in [4.69, 9.17) is 16.3 Å². The van der Waals surface area contributed by atoms with Crippen LogP contribution in [0.4, 0.5) is 0 Å². The number of hydrogen-bond acceptors (Lipinski definition) is 4. The number of carbonyl (C=O) groups excluding carboxylic acids is 1. The van der Waals surface area contributed by atoms with Crippen LogP contribution in [0.15, 0.2) is 0 Å². The Morgan fingerprint density at radius 1 is 1.56 bits per heavy atom. The summed E-state index contributed by atoms with van der Waals surface area (Å²) in [5.41, 5.74) is 0. The summed E-state index contributed by atoms with van der Waals surface area (Å²) in [4.78, 5) is 13.2. The normalized spacial score (nSPS) is 11.2. The van der Waals surface area contributed by atoms with Crippen molar-refractivity contribution in [2.75, 3.05) is 32.8 Å². The smallest absolute Gasteiger partial charge is 0.322 e. The van der Waals surface area contributed by atoms with Gasteiger partial charge in [-0.3, -0.25) is 9.69 Å². The van der Waals surface area contributed by atoms with E-state index >= 15 is 0 Å². The third-order valence-electron chi connectivity index (χ3n) is 1.86. The molecular formula is C11H18BrNO3. The van der Waals surface area contributed by atoms with Gasteiger partial charge in [0.25, 0.3) is 0 Å². The average molecular weight is 292 g/mol. The van der Waals surface area contributed by atoms with E-state index in [0.29, 0.717) is 19.6 Å². The highest BCUT2D eigenvalue weighted by Crippen LogP contribution is 2.17. The summed E-state index contributed by atoms with van der Waals surface area (Å²) in [7, 11) is 0. The second-order valence-electron chi connectivity index (χ2n) is 3.81. The van der Waals surface area contributed by atoms with Crippen LogP contribution in [-0.4, -0.2) is 53.1 Å². The molecule has 0 aromatic heterocycles. The predicted molar refractivity (Wildman–Crippen MR) is 66.3 cm³/mol. The molecule has 0 amide bonds. The van der Waals surface area contributed by atoms with Gasteiger partial charge in [0.1, 0.15) is 10.9 Å². The van der Waals surface area contributed by atoms with Crippen LogP contribution < -0.4 is 0 Å². The first-order chi connectivity index (χ1) is 7.41. The topological polar surface area (TPSA) is 49.8 Å². The number of halogens is 1. The van der Waals surface area contributed by atoms with E-state index in [9.17, 15) is 4.79 Å². The Bertz CT molecular complexity index is 255. The van der Waals surface area contributed by atoms with Gasteiger partial charge in [-0.15, -0.1) is 6.42 Å². The van der Waals surface area contributed by atoms with Gasteiger partial charge in [-0.25, -0.2) is 0 Å². The lowest BCUT2D eigenvalue weighted by Gasteiger charge is -2.20. The molecule has 0 radical (unpaired) electrons. The monoisotopic (exact) mass is 291 g/mol. The highest BCUT2D eigenvalue weighted by molar-refractivity contribution is 9.10. The summed E-state index contributed by atoms with van der Waals surface area (Å²) in [6, 6.07) is 0. The van der Waals surface area contributed by atoms with Gasteiger partial charge in [0.2, 0.25) is 0 Å². The summed E-state index contributed by atoms with van der Waals surface area (Å²) in [6.07, 6.45) is 5.17. The Kier molecular flexibility index (Phi) is 7.39. The van der Waals surface area contributed by atoms with Gasteiger partial charge < -0.3 is 9.84 Å². The molecule has 0 aromatic rings. The van der Waals surface area contributed by atoms with Gasteiger partial charge in [0.05, 0.1) is 13.2 Å². The summed E-state index contributed by atoms with van der Waals surface area (Å²) < 4.78 is 4.39. The number of terminal acetylenes is 1. The van der Waals surface area contributed by atoms with Crippen LogP contribution in [0.5, 0.6) is 0 Å². The standard InChI is InChI=1S/C11H18BrNO3/c1-4-5-13(6-8-14)7-9-16-10(15)11(2,3)12/h1,14H,5-9H2,2-3H3. The van der Waals surface area contributed by atoms with Gasteiger partial charge >= 0.3 is 5.97 Å². The highest BCUT2D eigenvalue weighted by atomic mass is 79.9. The van der Waals surface area contributed by atoms with Crippen LogP contribution in [0.2, 0.25) is 0 Å². The van der Waals surface area contributed by atoms with Crippen LogP contribution in [0, 0.1) is 12.3 Å². The molecule has 0 atom stereocenters. The number of aliphatic hydroxyl groups is 1. The molecule has 0 rings (SSSR count). The van der Waals surface area contributed by atoms with Crippen molar-refractivity contribution in [2.45, 2.75) is 18.2 Å². The number of rotatable bonds is 7. The summed E-state index contributed by atoms with van der Waals surface area (Å²) in [5.74, 6) is 2.18. The third kappa shape index (κ3) is 6.83. The molecule has 4 nitrogen and oxygen atoms in total. The predicted octanol–water partition coefficient (Wildman–Crippen LogP) is 0.631. The van der Waals surface area contributed by atoms with Gasteiger partial charge in [-0.05, 0) is 13.8 Å². The Labute approximate surface area is 105 Å². The maximum atomic E-state index is 11.4. The van der Waals surface area contributed by atoms with Crippen LogP contribution >= 0.6 is 15.9 Å². The van der Waals surface area contributed by atoms with Crippen molar-refractivity contribution in [3.63, 3.8) is 0 Å². The minimum absolute atomic E-state index is 0.0412. The molecule has 0 saturated carbocycles. The molecule has 0 unspecified atom stereocenters. The Balaban J connectivity index is 3.86. The number of nitrogens with zero attached hydrogens (tertiary/aromatic N) is 1. The van der Waals surface area contributed by atoms with E-state index in [1.165, 1.54) is 0 Å². The second kappa shape index (κ2) is 7.66. The molecule has 0 heterocycles. The van der Waals surface area contributed by atoms with Crippen LogP contribution in [0.1, 0.15) is 13.8 Å². The van der Waals surface area contributed by atoms with Crippen molar-refractivity contribution < 1.29 is 14.6 Å². The molecule has 0 aliphatic rings. The van der Waals surface area contributed by atoms with Crippen molar-refractivity contribution in [1.82, 2.24) is 4.90 Å². The van der Waals surface area contributed by atoms with Gasteiger partial charge in [-0.1, -0.05) is 21.9 Å². The van der Waals surface area contributed by atoms with E-state index < -0.39 is 4.32 Å². The van der Waals surface area contributed by atoms with Crippen molar-refractivity contribution in [3.05, 3.63) is 0 Å². The Morgan fingerprint density at radius 3 is 2.62 bits per heavy atom. The number of carbonyl (C=O) groups is 1. The number of aliphatic hydroxyl groups excluding tert-OH is 1. The van der Waals surface area contributed by atoms with Crippen LogP contribution in [-0.2, 0) is 9.53 Å². The Morgan fingerprint density at radius 2 is 2.19 bits per heavy atom. The summed E-state index contributed by atoms with van der Waals surface area (Å²) >= 11 is 3.21. The van der Waals surface area contributed by atoms with E-state index in [1.807, 2.05) is 4.90 Å². The van der Waals surface area contributed by atoms with Crippen LogP contribution in [0.3, 0.4) is 0 Å². The fourth-order valence-corrected chi connectivity index (χ4v) is 1.09. The van der Waals surface area contributed by atoms with E-state index in [2.05, 4.69) is 21.9 Å². The van der Waals surface area contributed by atoms with Crippen molar-refractivity contribution in [3.8, 4) is 12.3 Å². The quantitative estimate of drug-likeness (QED) is 0.425. The maximum absolute atomic E-state index is 11.4. The zero-order chi connectivity index (χ0) is 12.6. The lowest BCUT2D eigenvalue weighted by atomic mass is 10.2. The Hall–Kier alpha value is -0.570. The first-order valence-corrected chi connectivity index (χ1v) is 5.84. The van der Waals surface area contributed by atoms with E-state index in [0.717, 1.165) is 0 Å². The lowest BCUT2D eigenvalue weighted by molar-refractivity contribution is -0.145. The molecule has 1 N–H and O–H groups in total. The number of hydrogen-bond donors (Lipinski definition) is 1. The van der Waals surface area contributed by atoms with Gasteiger partial charge in [0.15, 0.2) is 0 Å². The second-order valence-corrected chi connectivity index (χ2v) is 5.79. The van der Waals surface area contributed by atoms with E-state index in [1.54, 1.807) is 13.8 Å². The molecule has 0 aliphatic heterocycles. The molecule has 0 saturated heterocycles. The maximum Gasteiger partial charge on any atom is 0.322 e. The molecular weight excluding hydrogens is 274 g/mol. The molecule has 16 heavy (non-hydrogen) atoms. The molecule has 0 spiro atoms. The summed E-state index contributed by atoms with van der Waals surface area (Å²) in [5, 5.41) is 8.78. The third-order valence-corrected chi connectivity index (χ3v) is 2.18. The zero-order valence-electron chi connectivity index (χ0n) is 9.70. The average Bonchev–Trinajstić information content (AvgIpc) is 2.16. The lowest BCUT2D eigenvalue weighted by Crippen LogP contribution is -2.34. The van der Waals surface area contributed by atoms with E-state index in [-0.39, 0.29) is 19.2 Å².